The van der Waals surface area contributed by atoms with Gasteiger partial charge in [0.2, 0.25) is 0 Å². The van der Waals surface area contributed by atoms with E-state index in [2.05, 4.69) is 11.8 Å². The second kappa shape index (κ2) is 6.72. The average molecular weight is 264 g/mol. The number of benzene rings is 1. The van der Waals surface area contributed by atoms with Crippen molar-refractivity contribution in [1.82, 2.24) is 0 Å². The highest BCUT2D eigenvalue weighted by Gasteiger charge is 2.04. The Balaban J connectivity index is 2.80. The second-order valence-corrected chi connectivity index (χ2v) is 4.66. The van der Waals surface area contributed by atoms with Gasteiger partial charge >= 0.3 is 5.97 Å². The highest BCUT2D eigenvalue weighted by Crippen LogP contribution is 2.17. The van der Waals surface area contributed by atoms with Crippen LogP contribution >= 0.6 is 11.8 Å². The van der Waals surface area contributed by atoms with Crippen molar-refractivity contribution in [3.63, 3.8) is 0 Å². The van der Waals surface area contributed by atoms with Crippen molar-refractivity contribution in [2.75, 3.05) is 5.75 Å². The number of carboxylic acid groups (broad SMARTS) is 1. The minimum Gasteiger partial charge on any atom is -0.507 e. The lowest BCUT2D eigenvalue weighted by atomic mass is 10.1. The van der Waals surface area contributed by atoms with E-state index in [9.17, 15) is 14.7 Å². The van der Waals surface area contributed by atoms with Crippen LogP contribution in [0.15, 0.2) is 18.2 Å². The molecule has 2 N–H and O–H groups in total. The zero-order valence-electron chi connectivity index (χ0n) is 9.77. The molecule has 0 aromatic heterocycles. The molecular weight excluding hydrogens is 252 g/mol. The van der Waals surface area contributed by atoms with Crippen molar-refractivity contribution in [2.45, 2.75) is 13.3 Å². The molecule has 0 spiro atoms. The molecule has 0 bridgehead atoms. The molecule has 0 aliphatic heterocycles. The first-order chi connectivity index (χ1) is 8.49. The second-order valence-electron chi connectivity index (χ2n) is 3.50. The molecule has 0 aliphatic carbocycles. The number of carboxylic acids is 1. The Morgan fingerprint density at radius 3 is 2.72 bits per heavy atom. The van der Waals surface area contributed by atoms with Gasteiger partial charge in [0, 0.05) is 6.92 Å². The van der Waals surface area contributed by atoms with Gasteiger partial charge in [0.25, 0.3) is 0 Å². The lowest BCUT2D eigenvalue weighted by Crippen LogP contribution is -2.00. The minimum absolute atomic E-state index is 0.00413. The third-order valence-corrected chi connectivity index (χ3v) is 2.68. The molecule has 0 saturated carbocycles. The van der Waals surface area contributed by atoms with Crippen LogP contribution in [0.2, 0.25) is 0 Å². The Morgan fingerprint density at radius 2 is 2.11 bits per heavy atom. The number of aromatic hydroxyl groups is 1. The van der Waals surface area contributed by atoms with E-state index in [1.807, 2.05) is 0 Å². The zero-order valence-corrected chi connectivity index (χ0v) is 10.6. The monoisotopic (exact) mass is 264 g/mol. The maximum atomic E-state index is 10.7. The lowest BCUT2D eigenvalue weighted by Gasteiger charge is -2.00. The Kier molecular flexibility index (Phi) is 5.28. The number of hydrogen-bond donors (Lipinski definition) is 2. The summed E-state index contributed by atoms with van der Waals surface area (Å²) in [4.78, 5) is 21.2. The molecule has 0 saturated heterocycles. The Bertz CT molecular complexity index is 526. The molecule has 1 aromatic carbocycles. The van der Waals surface area contributed by atoms with Crippen LogP contribution in [-0.2, 0) is 16.0 Å². The van der Waals surface area contributed by atoms with Gasteiger partial charge in [-0.15, -0.1) is 0 Å². The molecule has 0 aliphatic rings. The first-order valence-electron chi connectivity index (χ1n) is 5.15. The molecular formula is C13H12O4S. The molecule has 0 fully saturated rings. The maximum absolute atomic E-state index is 10.7. The fraction of sp³-hybridized carbons (Fsp3) is 0.231. The van der Waals surface area contributed by atoms with Gasteiger partial charge in [-0.3, -0.25) is 9.59 Å². The van der Waals surface area contributed by atoms with Gasteiger partial charge < -0.3 is 10.2 Å². The van der Waals surface area contributed by atoms with Gasteiger partial charge in [0.05, 0.1) is 17.7 Å². The molecule has 0 amide bonds. The number of hydrogen-bond acceptors (Lipinski definition) is 4. The van der Waals surface area contributed by atoms with E-state index in [0.717, 1.165) is 11.8 Å². The van der Waals surface area contributed by atoms with Gasteiger partial charge in [-0.25, -0.2) is 0 Å². The fourth-order valence-electron chi connectivity index (χ4n) is 1.24. The number of rotatable bonds is 3. The molecule has 0 heterocycles. The van der Waals surface area contributed by atoms with Gasteiger partial charge in [0.1, 0.15) is 5.75 Å². The predicted octanol–water partition coefficient (Wildman–Crippen LogP) is 1.65. The molecule has 94 valence electrons. The molecule has 5 heteroatoms. The summed E-state index contributed by atoms with van der Waals surface area (Å²) in [5, 5.41) is 18.2. The van der Waals surface area contributed by atoms with E-state index in [4.69, 9.17) is 5.11 Å². The molecule has 1 rings (SSSR count). The number of phenolic OH excluding ortho intramolecular Hbond substituents is 1. The largest absolute Gasteiger partial charge is 0.507 e. The van der Waals surface area contributed by atoms with E-state index in [0.29, 0.717) is 16.9 Å². The zero-order chi connectivity index (χ0) is 13.5. The number of carbonyl (C=O) groups excluding carboxylic acids is 1. The molecule has 4 nitrogen and oxygen atoms in total. The number of thioether (sulfide) groups is 1. The summed E-state index contributed by atoms with van der Waals surface area (Å²) in [7, 11) is 0. The normalized spacial score (nSPS) is 9.39. The molecule has 0 unspecified atom stereocenters. The van der Waals surface area contributed by atoms with Gasteiger partial charge in [-0.05, 0) is 17.7 Å². The van der Waals surface area contributed by atoms with Crippen molar-refractivity contribution in [3.05, 3.63) is 29.3 Å². The van der Waals surface area contributed by atoms with Crippen LogP contribution in [0.4, 0.5) is 0 Å². The van der Waals surface area contributed by atoms with Gasteiger partial charge in [0.15, 0.2) is 5.12 Å². The molecule has 1 aromatic rings. The maximum Gasteiger partial charge on any atom is 0.307 e. The topological polar surface area (TPSA) is 74.6 Å². The van der Waals surface area contributed by atoms with Crippen LogP contribution in [0.3, 0.4) is 0 Å². The van der Waals surface area contributed by atoms with E-state index in [1.54, 1.807) is 6.07 Å². The van der Waals surface area contributed by atoms with Crippen molar-refractivity contribution in [3.8, 4) is 17.6 Å². The standard InChI is InChI=1S/C13H12O4S/c1-9(14)18-6-2-3-11-7-10(8-13(16)17)4-5-12(11)15/h4-5,7,15H,6,8H2,1H3,(H,16,17). The van der Waals surface area contributed by atoms with Crippen molar-refractivity contribution >= 4 is 22.8 Å². The van der Waals surface area contributed by atoms with E-state index in [1.165, 1.54) is 19.1 Å². The van der Waals surface area contributed by atoms with Gasteiger partial charge in [-0.1, -0.05) is 29.7 Å². The van der Waals surface area contributed by atoms with Crippen LogP contribution < -0.4 is 0 Å². The molecule has 18 heavy (non-hydrogen) atoms. The Labute approximate surface area is 109 Å². The smallest absolute Gasteiger partial charge is 0.307 e. The third-order valence-electron chi connectivity index (χ3n) is 1.99. The first-order valence-corrected chi connectivity index (χ1v) is 6.13. The fourth-order valence-corrected chi connectivity index (χ4v) is 1.58. The van der Waals surface area contributed by atoms with Crippen molar-refractivity contribution in [1.29, 1.82) is 0 Å². The van der Waals surface area contributed by atoms with Crippen LogP contribution in [0.1, 0.15) is 18.1 Å². The highest BCUT2D eigenvalue weighted by atomic mass is 32.2. The summed E-state index contributed by atoms with van der Waals surface area (Å²) in [5.74, 6) is 4.87. The van der Waals surface area contributed by atoms with Crippen molar-refractivity contribution < 1.29 is 19.8 Å². The summed E-state index contributed by atoms with van der Waals surface area (Å²) in [6.07, 6.45) is -0.114. The number of aliphatic carboxylic acids is 1. The number of phenols is 1. The average Bonchev–Trinajstić information content (AvgIpc) is 2.27. The Morgan fingerprint density at radius 1 is 1.39 bits per heavy atom. The Hall–Kier alpha value is -1.93. The summed E-state index contributed by atoms with van der Waals surface area (Å²) in [6.45, 7) is 1.46. The van der Waals surface area contributed by atoms with E-state index >= 15 is 0 Å². The van der Waals surface area contributed by atoms with Crippen LogP contribution in [0.25, 0.3) is 0 Å². The van der Waals surface area contributed by atoms with E-state index in [-0.39, 0.29) is 17.3 Å². The molecule has 0 radical (unpaired) electrons. The quantitative estimate of drug-likeness (QED) is 0.812. The first kappa shape index (κ1) is 14.1. The highest BCUT2D eigenvalue weighted by molar-refractivity contribution is 8.13. The van der Waals surface area contributed by atoms with Crippen LogP contribution in [-0.4, -0.2) is 27.1 Å². The summed E-state index contributed by atoms with van der Waals surface area (Å²) in [6, 6.07) is 4.49. The van der Waals surface area contributed by atoms with Crippen LogP contribution in [0.5, 0.6) is 5.75 Å². The van der Waals surface area contributed by atoms with Crippen molar-refractivity contribution in [2.24, 2.45) is 0 Å². The third kappa shape index (κ3) is 4.93. The van der Waals surface area contributed by atoms with Gasteiger partial charge in [-0.2, -0.15) is 0 Å². The summed E-state index contributed by atoms with van der Waals surface area (Å²) in [5.41, 5.74) is 0.946. The van der Waals surface area contributed by atoms with E-state index < -0.39 is 5.97 Å². The predicted molar refractivity (Wildman–Crippen MR) is 69.5 cm³/mol. The molecule has 0 atom stereocenters. The summed E-state index contributed by atoms with van der Waals surface area (Å²) < 4.78 is 0. The van der Waals surface area contributed by atoms with Crippen LogP contribution in [0, 0.1) is 11.8 Å². The number of carbonyl (C=O) groups is 2. The summed E-state index contributed by atoms with van der Waals surface area (Å²) >= 11 is 1.08. The lowest BCUT2D eigenvalue weighted by molar-refractivity contribution is -0.136. The minimum atomic E-state index is -0.938. The SMILES string of the molecule is CC(=O)SCC#Cc1cc(CC(=O)O)ccc1O.